The number of nitrogens with zero attached hydrogens (tertiary/aromatic N) is 4. The summed E-state index contributed by atoms with van der Waals surface area (Å²) in [7, 11) is 0. The van der Waals surface area contributed by atoms with Crippen LogP contribution in [0.4, 0.5) is 5.82 Å². The van der Waals surface area contributed by atoms with Crippen molar-refractivity contribution in [3.63, 3.8) is 0 Å². The maximum atomic E-state index is 12.7. The SMILES string of the molecule is CC(C)n1nc(-c2ccco2)cc1NC(=O)c1cnn2ccccc12. The Morgan fingerprint density at radius 1 is 1.24 bits per heavy atom. The van der Waals surface area contributed by atoms with Gasteiger partial charge < -0.3 is 9.73 Å². The zero-order valence-corrected chi connectivity index (χ0v) is 13.9. The fraction of sp³-hybridized carbons (Fsp3) is 0.167. The molecule has 4 rings (SSSR count). The molecular weight excluding hydrogens is 318 g/mol. The molecule has 4 aromatic heterocycles. The number of carbonyl (C=O) groups is 1. The molecule has 0 saturated carbocycles. The van der Waals surface area contributed by atoms with Gasteiger partial charge in [0.05, 0.1) is 23.5 Å². The van der Waals surface area contributed by atoms with E-state index in [2.05, 4.69) is 15.5 Å². The monoisotopic (exact) mass is 335 g/mol. The standard InChI is InChI=1S/C18H17N5O2/c1-12(2)23-17(10-14(21-23)16-7-5-9-25-16)20-18(24)13-11-19-22-8-4-3-6-15(13)22/h3-12H,1-2H3,(H,20,24). The van der Waals surface area contributed by atoms with Crippen molar-refractivity contribution in [1.29, 1.82) is 0 Å². The second-order valence-corrected chi connectivity index (χ2v) is 5.97. The van der Waals surface area contributed by atoms with Gasteiger partial charge in [-0.1, -0.05) is 6.07 Å². The molecule has 0 spiro atoms. The van der Waals surface area contributed by atoms with Crippen LogP contribution in [-0.2, 0) is 0 Å². The number of aromatic nitrogens is 4. The molecule has 0 bridgehead atoms. The maximum Gasteiger partial charge on any atom is 0.260 e. The Hall–Kier alpha value is -3.35. The molecular formula is C18H17N5O2. The number of amides is 1. The van der Waals surface area contributed by atoms with Gasteiger partial charge in [0, 0.05) is 18.3 Å². The van der Waals surface area contributed by atoms with Crippen LogP contribution < -0.4 is 5.32 Å². The van der Waals surface area contributed by atoms with E-state index < -0.39 is 0 Å². The number of pyridine rings is 1. The zero-order chi connectivity index (χ0) is 17.4. The van der Waals surface area contributed by atoms with E-state index in [0.29, 0.717) is 22.8 Å². The van der Waals surface area contributed by atoms with Gasteiger partial charge in [-0.25, -0.2) is 9.20 Å². The predicted octanol–water partition coefficient (Wildman–Crippen LogP) is 3.62. The number of carbonyl (C=O) groups excluding carboxylic acids is 1. The van der Waals surface area contributed by atoms with Gasteiger partial charge >= 0.3 is 0 Å². The molecule has 7 nitrogen and oxygen atoms in total. The molecule has 4 aromatic rings. The van der Waals surface area contributed by atoms with Gasteiger partial charge in [-0.15, -0.1) is 0 Å². The molecule has 4 heterocycles. The quantitative estimate of drug-likeness (QED) is 0.618. The minimum absolute atomic E-state index is 0.0860. The number of hydrogen-bond acceptors (Lipinski definition) is 4. The normalized spacial score (nSPS) is 11.3. The van der Waals surface area contributed by atoms with E-state index in [0.717, 1.165) is 5.52 Å². The first-order valence-corrected chi connectivity index (χ1v) is 8.00. The Morgan fingerprint density at radius 3 is 2.88 bits per heavy atom. The van der Waals surface area contributed by atoms with Crippen LogP contribution in [0.2, 0.25) is 0 Å². The highest BCUT2D eigenvalue weighted by Crippen LogP contribution is 2.25. The van der Waals surface area contributed by atoms with Crippen molar-refractivity contribution in [1.82, 2.24) is 19.4 Å². The molecule has 0 aromatic carbocycles. The van der Waals surface area contributed by atoms with Crippen LogP contribution >= 0.6 is 0 Å². The van der Waals surface area contributed by atoms with Gasteiger partial charge in [0.25, 0.3) is 5.91 Å². The summed E-state index contributed by atoms with van der Waals surface area (Å²) >= 11 is 0. The topological polar surface area (TPSA) is 77.4 Å². The van der Waals surface area contributed by atoms with Crippen LogP contribution in [0.5, 0.6) is 0 Å². The third kappa shape index (κ3) is 2.69. The lowest BCUT2D eigenvalue weighted by atomic mass is 10.2. The first kappa shape index (κ1) is 15.2. The van der Waals surface area contributed by atoms with E-state index in [9.17, 15) is 4.79 Å². The lowest BCUT2D eigenvalue weighted by Crippen LogP contribution is -2.16. The van der Waals surface area contributed by atoms with Crippen LogP contribution in [0.1, 0.15) is 30.2 Å². The van der Waals surface area contributed by atoms with E-state index in [1.165, 1.54) is 0 Å². The first-order chi connectivity index (χ1) is 12.1. The van der Waals surface area contributed by atoms with Gasteiger partial charge in [-0.3, -0.25) is 4.79 Å². The molecule has 0 aliphatic carbocycles. The largest absolute Gasteiger partial charge is 0.463 e. The molecule has 0 fully saturated rings. The van der Waals surface area contributed by atoms with E-state index in [1.54, 1.807) is 33.9 Å². The van der Waals surface area contributed by atoms with Crippen LogP contribution in [0, 0.1) is 0 Å². The average molecular weight is 335 g/mol. The summed E-state index contributed by atoms with van der Waals surface area (Å²) in [5.41, 5.74) is 1.94. The third-order valence-electron chi connectivity index (χ3n) is 3.91. The molecule has 1 amide bonds. The summed E-state index contributed by atoms with van der Waals surface area (Å²) in [5, 5.41) is 11.7. The lowest BCUT2D eigenvalue weighted by Gasteiger charge is -2.11. The number of nitrogens with one attached hydrogen (secondary N) is 1. The Labute approximate surface area is 143 Å². The van der Waals surface area contributed by atoms with Gasteiger partial charge in [0.1, 0.15) is 11.5 Å². The summed E-state index contributed by atoms with van der Waals surface area (Å²) < 4.78 is 8.84. The second-order valence-electron chi connectivity index (χ2n) is 5.97. The number of anilines is 1. The van der Waals surface area contributed by atoms with Crippen molar-refractivity contribution in [2.45, 2.75) is 19.9 Å². The number of furan rings is 1. The number of hydrogen-bond donors (Lipinski definition) is 1. The van der Waals surface area contributed by atoms with Gasteiger partial charge in [0.2, 0.25) is 0 Å². The smallest absolute Gasteiger partial charge is 0.260 e. The van der Waals surface area contributed by atoms with E-state index >= 15 is 0 Å². The van der Waals surface area contributed by atoms with Crippen LogP contribution in [0.15, 0.2) is 59.5 Å². The molecule has 0 aliphatic heterocycles. The Balaban J connectivity index is 1.69. The molecule has 1 N–H and O–H groups in total. The van der Waals surface area contributed by atoms with Gasteiger partial charge in [-0.05, 0) is 38.1 Å². The van der Waals surface area contributed by atoms with Crippen molar-refractivity contribution in [3.05, 3.63) is 60.6 Å². The van der Waals surface area contributed by atoms with E-state index in [-0.39, 0.29) is 11.9 Å². The predicted molar refractivity (Wildman–Crippen MR) is 93.5 cm³/mol. The van der Waals surface area contributed by atoms with Crippen LogP contribution in [0.3, 0.4) is 0 Å². The van der Waals surface area contributed by atoms with Crippen LogP contribution in [-0.4, -0.2) is 25.3 Å². The fourth-order valence-electron chi connectivity index (χ4n) is 2.72. The Kier molecular flexibility index (Phi) is 3.61. The summed E-state index contributed by atoms with van der Waals surface area (Å²) in [6.45, 7) is 4.01. The Bertz CT molecular complexity index is 1030. The lowest BCUT2D eigenvalue weighted by molar-refractivity contribution is 0.102. The van der Waals surface area contributed by atoms with Crippen LogP contribution in [0.25, 0.3) is 17.0 Å². The summed E-state index contributed by atoms with van der Waals surface area (Å²) in [6.07, 6.45) is 4.97. The zero-order valence-electron chi connectivity index (χ0n) is 13.9. The fourth-order valence-corrected chi connectivity index (χ4v) is 2.72. The summed E-state index contributed by atoms with van der Waals surface area (Å²) in [5.74, 6) is 1.04. The van der Waals surface area contributed by atoms with E-state index in [4.69, 9.17) is 4.42 Å². The molecule has 7 heteroatoms. The maximum absolute atomic E-state index is 12.7. The minimum atomic E-state index is -0.228. The minimum Gasteiger partial charge on any atom is -0.463 e. The van der Waals surface area contributed by atoms with Gasteiger partial charge in [0.15, 0.2) is 5.76 Å². The molecule has 126 valence electrons. The number of fused-ring (bicyclic) bond motifs is 1. The van der Waals surface area contributed by atoms with Crippen molar-refractivity contribution < 1.29 is 9.21 Å². The van der Waals surface area contributed by atoms with E-state index in [1.807, 2.05) is 44.2 Å². The molecule has 0 radical (unpaired) electrons. The highest BCUT2D eigenvalue weighted by Gasteiger charge is 2.18. The Morgan fingerprint density at radius 2 is 2.12 bits per heavy atom. The van der Waals surface area contributed by atoms with Crippen molar-refractivity contribution in [3.8, 4) is 11.5 Å². The molecule has 0 atom stereocenters. The third-order valence-corrected chi connectivity index (χ3v) is 3.91. The molecule has 0 saturated heterocycles. The molecule has 25 heavy (non-hydrogen) atoms. The summed E-state index contributed by atoms with van der Waals surface area (Å²) in [4.78, 5) is 12.7. The second kappa shape index (κ2) is 5.94. The highest BCUT2D eigenvalue weighted by molar-refractivity contribution is 6.08. The highest BCUT2D eigenvalue weighted by atomic mass is 16.3. The number of rotatable bonds is 4. The van der Waals surface area contributed by atoms with Crippen molar-refractivity contribution >= 4 is 17.2 Å². The average Bonchev–Trinajstić information content (AvgIpc) is 3.33. The van der Waals surface area contributed by atoms with Gasteiger partial charge in [-0.2, -0.15) is 10.2 Å². The van der Waals surface area contributed by atoms with Crippen molar-refractivity contribution in [2.75, 3.05) is 5.32 Å². The van der Waals surface area contributed by atoms with Crippen molar-refractivity contribution in [2.24, 2.45) is 0 Å². The first-order valence-electron chi connectivity index (χ1n) is 8.00. The molecule has 0 unspecified atom stereocenters. The molecule has 0 aliphatic rings. The summed E-state index contributed by atoms with van der Waals surface area (Å²) in [6, 6.07) is 11.1.